The lowest BCUT2D eigenvalue weighted by Crippen LogP contribution is -2.32. The number of hydrogen-bond donors (Lipinski definition) is 1. The Kier molecular flexibility index (Phi) is 2.15. The van der Waals surface area contributed by atoms with Crippen molar-refractivity contribution in [1.82, 2.24) is 5.32 Å². The maximum Gasteiger partial charge on any atom is 0.252 e. The summed E-state index contributed by atoms with van der Waals surface area (Å²) in [7, 11) is 0. The molecule has 0 unspecified atom stereocenters. The second-order valence-corrected chi connectivity index (χ2v) is 3.56. The molecule has 0 radical (unpaired) electrons. The van der Waals surface area contributed by atoms with Gasteiger partial charge in [-0.1, -0.05) is 18.2 Å². The normalized spacial score (nSPS) is 20.6. The van der Waals surface area contributed by atoms with Gasteiger partial charge < -0.3 is 5.32 Å². The predicted octanol–water partition coefficient (Wildman–Crippen LogP) is 1.14. The van der Waals surface area contributed by atoms with Gasteiger partial charge in [-0.15, -0.1) is 0 Å². The van der Waals surface area contributed by atoms with E-state index in [0.29, 0.717) is 11.1 Å². The van der Waals surface area contributed by atoms with Crippen LogP contribution in [0.5, 0.6) is 0 Å². The molecular weight excluding hydrogens is 196 g/mol. The first-order chi connectivity index (χ1) is 7.11. The first kappa shape index (κ1) is 9.64. The van der Waals surface area contributed by atoms with E-state index >= 15 is 0 Å². The number of benzene rings is 1. The zero-order chi connectivity index (χ0) is 11.0. The fraction of sp³-hybridized carbons (Fsp3) is 0.300. The fourth-order valence-corrected chi connectivity index (χ4v) is 1.77. The van der Waals surface area contributed by atoms with Gasteiger partial charge in [0.15, 0.2) is 0 Å². The average molecular weight is 206 g/mol. The molecule has 2 rings (SSSR count). The highest BCUT2D eigenvalue weighted by atomic mass is 16.6. The molecule has 5 heteroatoms. The maximum absolute atomic E-state index is 11.5. The summed E-state index contributed by atoms with van der Waals surface area (Å²) in [5.41, 5.74) is 1.25. The number of rotatable bonds is 2. The van der Waals surface area contributed by atoms with E-state index in [9.17, 15) is 14.9 Å². The van der Waals surface area contributed by atoms with E-state index in [1.807, 2.05) is 0 Å². The molecule has 15 heavy (non-hydrogen) atoms. The molecule has 0 aliphatic carbocycles. The van der Waals surface area contributed by atoms with Crippen LogP contribution in [0.4, 0.5) is 0 Å². The fourth-order valence-electron chi connectivity index (χ4n) is 1.77. The van der Waals surface area contributed by atoms with Crippen LogP contribution < -0.4 is 5.32 Å². The molecule has 1 aliphatic rings. The zero-order valence-corrected chi connectivity index (χ0v) is 8.14. The summed E-state index contributed by atoms with van der Waals surface area (Å²) >= 11 is 0. The van der Waals surface area contributed by atoms with E-state index in [4.69, 9.17) is 0 Å². The van der Waals surface area contributed by atoms with Gasteiger partial charge in [0.05, 0.1) is 0 Å². The van der Waals surface area contributed by atoms with Gasteiger partial charge in [0.25, 0.3) is 5.91 Å². The molecule has 5 nitrogen and oxygen atoms in total. The van der Waals surface area contributed by atoms with Gasteiger partial charge in [0.1, 0.15) is 6.04 Å². The Bertz CT molecular complexity index is 430. The van der Waals surface area contributed by atoms with Crippen molar-refractivity contribution in [3.05, 3.63) is 45.5 Å². The molecule has 78 valence electrons. The number of nitrogens with zero attached hydrogens (tertiary/aromatic N) is 1. The summed E-state index contributed by atoms with van der Waals surface area (Å²) in [6.07, 6.45) is 0. The Hall–Kier alpha value is -1.91. The van der Waals surface area contributed by atoms with Crippen LogP contribution in [-0.4, -0.2) is 16.9 Å². The first-order valence-corrected chi connectivity index (χ1v) is 4.64. The largest absolute Gasteiger partial charge is 0.338 e. The van der Waals surface area contributed by atoms with Gasteiger partial charge >= 0.3 is 0 Å². The monoisotopic (exact) mass is 206 g/mol. The van der Waals surface area contributed by atoms with E-state index in [2.05, 4.69) is 5.32 Å². The lowest BCUT2D eigenvalue weighted by Gasteiger charge is -2.12. The molecule has 0 saturated carbocycles. The number of fused-ring (bicyclic) bond motifs is 1. The third-order valence-corrected chi connectivity index (χ3v) is 2.64. The van der Waals surface area contributed by atoms with Crippen molar-refractivity contribution in [2.24, 2.45) is 0 Å². The van der Waals surface area contributed by atoms with Crippen LogP contribution >= 0.6 is 0 Å². The molecule has 1 amide bonds. The second kappa shape index (κ2) is 3.34. The number of nitrogens with one attached hydrogen (secondary N) is 1. The second-order valence-electron chi connectivity index (χ2n) is 3.56. The minimum Gasteiger partial charge on any atom is -0.338 e. The molecule has 0 fully saturated rings. The molecule has 1 aromatic rings. The van der Waals surface area contributed by atoms with Crippen LogP contribution in [0.3, 0.4) is 0 Å². The highest BCUT2D eigenvalue weighted by Gasteiger charge is 2.37. The highest BCUT2D eigenvalue weighted by Crippen LogP contribution is 2.28. The third kappa shape index (κ3) is 1.45. The molecule has 0 aromatic heterocycles. The summed E-state index contributed by atoms with van der Waals surface area (Å²) in [6.45, 7) is 1.49. The topological polar surface area (TPSA) is 72.2 Å². The molecule has 1 aromatic carbocycles. The van der Waals surface area contributed by atoms with Crippen LogP contribution in [0.25, 0.3) is 0 Å². The molecule has 0 saturated heterocycles. The van der Waals surface area contributed by atoms with E-state index in [0.717, 1.165) is 0 Å². The number of amides is 1. The molecule has 1 aliphatic heterocycles. The Morgan fingerprint density at radius 3 is 2.80 bits per heavy atom. The maximum atomic E-state index is 11.5. The molecule has 2 atom stereocenters. The SMILES string of the molecule is C[C@@H]([C@@H]1NC(=O)c2ccccc21)[N+](=O)[O-]. The van der Waals surface area contributed by atoms with Crippen molar-refractivity contribution in [3.63, 3.8) is 0 Å². The quantitative estimate of drug-likeness (QED) is 0.582. The summed E-state index contributed by atoms with van der Waals surface area (Å²) in [4.78, 5) is 21.7. The zero-order valence-electron chi connectivity index (χ0n) is 8.14. The van der Waals surface area contributed by atoms with E-state index < -0.39 is 12.1 Å². The Morgan fingerprint density at radius 1 is 1.47 bits per heavy atom. The van der Waals surface area contributed by atoms with Crippen LogP contribution in [0.1, 0.15) is 28.9 Å². The minimum absolute atomic E-state index is 0.232. The standard InChI is InChI=1S/C10H10N2O3/c1-6(12(14)15)9-7-4-2-3-5-8(7)10(13)11-9/h2-6,9H,1H3,(H,11,13)/t6-,9-/m0/s1. The van der Waals surface area contributed by atoms with E-state index in [-0.39, 0.29) is 10.8 Å². The van der Waals surface area contributed by atoms with Crippen LogP contribution in [-0.2, 0) is 0 Å². The van der Waals surface area contributed by atoms with Gasteiger partial charge in [0, 0.05) is 17.4 Å². The van der Waals surface area contributed by atoms with Crippen molar-refractivity contribution in [2.75, 3.05) is 0 Å². The summed E-state index contributed by atoms with van der Waals surface area (Å²) in [5.74, 6) is -0.232. The molecule has 1 heterocycles. The third-order valence-electron chi connectivity index (χ3n) is 2.64. The molecule has 0 bridgehead atoms. The van der Waals surface area contributed by atoms with Crippen LogP contribution in [0.2, 0.25) is 0 Å². The van der Waals surface area contributed by atoms with E-state index in [1.165, 1.54) is 6.92 Å². The van der Waals surface area contributed by atoms with Gasteiger partial charge in [-0.3, -0.25) is 14.9 Å². The van der Waals surface area contributed by atoms with Crippen LogP contribution in [0.15, 0.2) is 24.3 Å². The van der Waals surface area contributed by atoms with E-state index in [1.54, 1.807) is 24.3 Å². The molecule has 1 N–H and O–H groups in total. The minimum atomic E-state index is -0.808. The number of carbonyl (C=O) groups excluding carboxylic acids is 1. The van der Waals surface area contributed by atoms with Gasteiger partial charge in [-0.25, -0.2) is 0 Å². The lowest BCUT2D eigenvalue weighted by molar-refractivity contribution is -0.522. The first-order valence-electron chi connectivity index (χ1n) is 4.64. The molecule has 0 spiro atoms. The van der Waals surface area contributed by atoms with Crippen molar-refractivity contribution in [1.29, 1.82) is 0 Å². The van der Waals surface area contributed by atoms with Crippen molar-refractivity contribution < 1.29 is 9.72 Å². The Labute approximate surface area is 86.2 Å². The lowest BCUT2D eigenvalue weighted by atomic mass is 10.0. The smallest absolute Gasteiger partial charge is 0.252 e. The molecular formula is C10H10N2O3. The number of carbonyl (C=O) groups is 1. The highest BCUT2D eigenvalue weighted by molar-refractivity contribution is 5.99. The predicted molar refractivity (Wildman–Crippen MR) is 53.1 cm³/mol. The van der Waals surface area contributed by atoms with Gasteiger partial charge in [-0.2, -0.15) is 0 Å². The summed E-state index contributed by atoms with van der Waals surface area (Å²) in [6, 6.07) is 5.63. The van der Waals surface area contributed by atoms with Crippen molar-refractivity contribution >= 4 is 5.91 Å². The van der Waals surface area contributed by atoms with Crippen molar-refractivity contribution in [2.45, 2.75) is 19.0 Å². The number of nitro groups is 1. The summed E-state index contributed by atoms with van der Waals surface area (Å²) in [5, 5.41) is 13.3. The van der Waals surface area contributed by atoms with Gasteiger partial charge in [0.2, 0.25) is 6.04 Å². The van der Waals surface area contributed by atoms with Crippen molar-refractivity contribution in [3.8, 4) is 0 Å². The van der Waals surface area contributed by atoms with Crippen LogP contribution in [0, 0.1) is 10.1 Å². The summed E-state index contributed by atoms with van der Waals surface area (Å²) < 4.78 is 0. The Balaban J connectivity index is 2.40. The average Bonchev–Trinajstić information content (AvgIpc) is 2.56. The Morgan fingerprint density at radius 2 is 2.13 bits per heavy atom. The van der Waals surface area contributed by atoms with Gasteiger partial charge in [-0.05, 0) is 11.6 Å². The number of hydrogen-bond acceptors (Lipinski definition) is 3.